The number of nitrogens with zero attached hydrogens (tertiary/aromatic N) is 2. The molecule has 0 atom stereocenters. The number of aryl methyl sites for hydroxylation is 2. The zero-order valence-corrected chi connectivity index (χ0v) is 21.0. The van der Waals surface area contributed by atoms with Crippen LogP contribution in [-0.4, -0.2) is 55.6 Å². The minimum atomic E-state index is -3.60. The van der Waals surface area contributed by atoms with Gasteiger partial charge in [0, 0.05) is 42.8 Å². The van der Waals surface area contributed by atoms with Crippen LogP contribution in [0.2, 0.25) is 0 Å². The summed E-state index contributed by atoms with van der Waals surface area (Å²) in [7, 11) is -3.60. The van der Waals surface area contributed by atoms with Crippen LogP contribution >= 0.6 is 0 Å². The Labute approximate surface area is 202 Å². The highest BCUT2D eigenvalue weighted by Crippen LogP contribution is 2.26. The maximum Gasteiger partial charge on any atom is 0.254 e. The van der Waals surface area contributed by atoms with Crippen LogP contribution in [0.25, 0.3) is 0 Å². The standard InChI is InChI=1S/C26H33N3O4S/c1-26(2,3)25(31)27-22-10-6-9-21(17-22)24(30)28-13-15-29(16-14-28)34(32,33)23-12-11-19-7-4-5-8-20(19)18-23/h6,9-12,17-18H,4-5,7-8,13-16H2,1-3H3,(H,27,31). The maximum absolute atomic E-state index is 13.2. The van der Waals surface area contributed by atoms with Crippen LogP contribution in [-0.2, 0) is 27.7 Å². The third kappa shape index (κ3) is 5.18. The molecular weight excluding hydrogens is 450 g/mol. The zero-order valence-electron chi connectivity index (χ0n) is 20.1. The molecule has 2 aromatic rings. The Morgan fingerprint density at radius 1 is 0.882 bits per heavy atom. The van der Waals surface area contributed by atoms with Crippen molar-refractivity contribution in [1.82, 2.24) is 9.21 Å². The molecule has 0 unspecified atom stereocenters. The molecule has 0 bridgehead atoms. The first kappa shape index (κ1) is 24.4. The molecule has 2 aromatic carbocycles. The van der Waals surface area contributed by atoms with Crippen molar-refractivity contribution in [1.29, 1.82) is 0 Å². The van der Waals surface area contributed by atoms with E-state index in [1.54, 1.807) is 35.2 Å². The largest absolute Gasteiger partial charge is 0.336 e. The van der Waals surface area contributed by atoms with E-state index in [1.165, 1.54) is 9.87 Å². The van der Waals surface area contributed by atoms with Gasteiger partial charge in [-0.15, -0.1) is 0 Å². The van der Waals surface area contributed by atoms with Gasteiger partial charge in [-0.2, -0.15) is 4.31 Å². The maximum atomic E-state index is 13.2. The number of nitrogens with one attached hydrogen (secondary N) is 1. The van der Waals surface area contributed by atoms with Gasteiger partial charge in [-0.3, -0.25) is 9.59 Å². The third-order valence-electron chi connectivity index (χ3n) is 6.53. The van der Waals surface area contributed by atoms with E-state index in [2.05, 4.69) is 5.32 Å². The number of benzene rings is 2. The summed E-state index contributed by atoms with van der Waals surface area (Å²) >= 11 is 0. The molecule has 1 aliphatic heterocycles. The van der Waals surface area contributed by atoms with Gasteiger partial charge < -0.3 is 10.2 Å². The normalized spacial score (nSPS) is 17.2. The van der Waals surface area contributed by atoms with Gasteiger partial charge in [0.15, 0.2) is 0 Å². The molecule has 1 heterocycles. The number of amides is 2. The molecule has 8 heteroatoms. The summed E-state index contributed by atoms with van der Waals surface area (Å²) in [5.41, 5.74) is 2.89. The van der Waals surface area contributed by atoms with Gasteiger partial charge in [0.05, 0.1) is 4.90 Å². The minimum absolute atomic E-state index is 0.127. The average molecular weight is 484 g/mol. The number of hydrogen-bond donors (Lipinski definition) is 1. The van der Waals surface area contributed by atoms with Gasteiger partial charge in [0.2, 0.25) is 15.9 Å². The molecule has 2 amide bonds. The van der Waals surface area contributed by atoms with Crippen LogP contribution in [0.1, 0.15) is 55.1 Å². The Kier molecular flexibility index (Phi) is 6.82. The number of hydrogen-bond acceptors (Lipinski definition) is 4. The van der Waals surface area contributed by atoms with Crippen molar-refractivity contribution in [3.05, 3.63) is 59.2 Å². The lowest BCUT2D eigenvalue weighted by molar-refractivity contribution is -0.123. The summed E-state index contributed by atoms with van der Waals surface area (Å²) in [6.07, 6.45) is 4.19. The van der Waals surface area contributed by atoms with Gasteiger partial charge >= 0.3 is 0 Å². The number of carbonyl (C=O) groups is 2. The Morgan fingerprint density at radius 2 is 1.56 bits per heavy atom. The third-order valence-corrected chi connectivity index (χ3v) is 8.43. The molecule has 1 saturated heterocycles. The first-order valence-electron chi connectivity index (χ1n) is 11.9. The lowest BCUT2D eigenvalue weighted by atomic mass is 9.92. The highest BCUT2D eigenvalue weighted by molar-refractivity contribution is 7.89. The zero-order chi connectivity index (χ0) is 24.5. The smallest absolute Gasteiger partial charge is 0.254 e. The lowest BCUT2D eigenvalue weighted by Crippen LogP contribution is -2.50. The molecule has 1 N–H and O–H groups in total. The summed E-state index contributed by atoms with van der Waals surface area (Å²) in [6.45, 7) is 6.64. The van der Waals surface area contributed by atoms with Crippen molar-refractivity contribution in [3.63, 3.8) is 0 Å². The molecule has 1 fully saturated rings. The molecule has 0 saturated carbocycles. The van der Waals surface area contributed by atoms with Crippen LogP contribution in [0.4, 0.5) is 5.69 Å². The van der Waals surface area contributed by atoms with Crippen LogP contribution in [0.3, 0.4) is 0 Å². The monoisotopic (exact) mass is 483 g/mol. The van der Waals surface area contributed by atoms with Crippen molar-refractivity contribution < 1.29 is 18.0 Å². The molecule has 1 aliphatic carbocycles. The quantitative estimate of drug-likeness (QED) is 0.719. The molecule has 2 aliphatic rings. The van der Waals surface area contributed by atoms with Gasteiger partial charge in [-0.1, -0.05) is 32.9 Å². The second kappa shape index (κ2) is 9.50. The van der Waals surface area contributed by atoms with Gasteiger partial charge in [0.1, 0.15) is 0 Å². The number of sulfonamides is 1. The van der Waals surface area contributed by atoms with Crippen molar-refractivity contribution in [2.45, 2.75) is 51.3 Å². The second-order valence-electron chi connectivity index (χ2n) is 10.1. The summed E-state index contributed by atoms with van der Waals surface area (Å²) in [6, 6.07) is 12.4. The molecule has 182 valence electrons. The van der Waals surface area contributed by atoms with E-state index in [0.29, 0.717) is 29.2 Å². The van der Waals surface area contributed by atoms with Crippen molar-refractivity contribution in [3.8, 4) is 0 Å². The Morgan fingerprint density at radius 3 is 2.24 bits per heavy atom. The Balaban J connectivity index is 1.41. The van der Waals surface area contributed by atoms with Crippen LogP contribution in [0, 0.1) is 5.41 Å². The molecule has 7 nitrogen and oxygen atoms in total. The van der Waals surface area contributed by atoms with Gasteiger partial charge in [-0.25, -0.2) is 8.42 Å². The summed E-state index contributed by atoms with van der Waals surface area (Å²) < 4.78 is 27.9. The number of anilines is 1. The van der Waals surface area contributed by atoms with Crippen LogP contribution in [0.5, 0.6) is 0 Å². The number of rotatable bonds is 4. The van der Waals surface area contributed by atoms with Crippen molar-refractivity contribution >= 4 is 27.5 Å². The fourth-order valence-corrected chi connectivity index (χ4v) is 5.86. The highest BCUT2D eigenvalue weighted by atomic mass is 32.2. The predicted molar refractivity (Wildman–Crippen MR) is 132 cm³/mol. The Hall–Kier alpha value is -2.71. The Bertz CT molecular complexity index is 1190. The van der Waals surface area contributed by atoms with Crippen LogP contribution in [0.15, 0.2) is 47.4 Å². The fourth-order valence-electron chi connectivity index (χ4n) is 4.38. The molecule has 34 heavy (non-hydrogen) atoms. The minimum Gasteiger partial charge on any atom is -0.336 e. The van der Waals surface area contributed by atoms with Gasteiger partial charge in [-0.05, 0) is 67.1 Å². The fraction of sp³-hybridized carbons (Fsp3) is 0.462. The van der Waals surface area contributed by atoms with Crippen molar-refractivity contribution in [2.75, 3.05) is 31.5 Å². The summed E-state index contributed by atoms with van der Waals surface area (Å²) in [4.78, 5) is 27.4. The molecule has 4 rings (SSSR count). The number of piperazine rings is 1. The van der Waals surface area contributed by atoms with E-state index in [1.807, 2.05) is 32.9 Å². The predicted octanol–water partition coefficient (Wildman–Crippen LogP) is 3.70. The summed E-state index contributed by atoms with van der Waals surface area (Å²) in [5, 5.41) is 2.85. The first-order valence-corrected chi connectivity index (χ1v) is 13.3. The molecule has 0 aromatic heterocycles. The van der Waals surface area contributed by atoms with E-state index in [9.17, 15) is 18.0 Å². The summed E-state index contributed by atoms with van der Waals surface area (Å²) in [5.74, 6) is -0.296. The molecule has 0 spiro atoms. The first-order chi connectivity index (χ1) is 16.1. The van der Waals surface area contributed by atoms with E-state index < -0.39 is 15.4 Å². The van der Waals surface area contributed by atoms with E-state index in [4.69, 9.17) is 0 Å². The van der Waals surface area contributed by atoms with E-state index in [-0.39, 0.29) is 24.9 Å². The molecule has 0 radical (unpaired) electrons. The lowest BCUT2D eigenvalue weighted by Gasteiger charge is -2.34. The van der Waals surface area contributed by atoms with Crippen LogP contribution < -0.4 is 5.32 Å². The average Bonchev–Trinajstić information content (AvgIpc) is 2.83. The van der Waals surface area contributed by atoms with Gasteiger partial charge in [0.25, 0.3) is 5.91 Å². The number of carbonyl (C=O) groups excluding carboxylic acids is 2. The van der Waals surface area contributed by atoms with E-state index in [0.717, 1.165) is 31.2 Å². The number of fused-ring (bicyclic) bond motifs is 1. The topological polar surface area (TPSA) is 86.8 Å². The second-order valence-corrected chi connectivity index (χ2v) is 12.1. The van der Waals surface area contributed by atoms with Crippen molar-refractivity contribution in [2.24, 2.45) is 5.41 Å². The van der Waals surface area contributed by atoms with E-state index >= 15 is 0 Å². The molecular formula is C26H33N3O4S. The SMILES string of the molecule is CC(C)(C)C(=O)Nc1cccc(C(=O)N2CCN(S(=O)(=O)c3ccc4c(c3)CCCC4)CC2)c1. The highest BCUT2D eigenvalue weighted by Gasteiger charge is 2.31.